The Morgan fingerprint density at radius 1 is 1.26 bits per heavy atom. The number of carbonyl (C=O) groups excluding carboxylic acids is 2. The number of alkyl carbamates (subject to hydrolysis) is 1. The molecular formula is C27H28ClN7O4. The first kappa shape index (κ1) is 27.8. The van der Waals surface area contributed by atoms with E-state index in [9.17, 15) is 20.0 Å². The molecular weight excluding hydrogens is 522 g/mol. The van der Waals surface area contributed by atoms with E-state index in [1.165, 1.54) is 12.3 Å². The maximum Gasteiger partial charge on any atom is 0.407 e. The van der Waals surface area contributed by atoms with Gasteiger partial charge in [0, 0.05) is 30.7 Å². The number of nitrogens with zero attached hydrogens (tertiary/aromatic N) is 5. The highest BCUT2D eigenvalue weighted by molar-refractivity contribution is 6.28. The van der Waals surface area contributed by atoms with Gasteiger partial charge in [-0.15, -0.1) is 0 Å². The molecule has 202 valence electrons. The third kappa shape index (κ3) is 6.79. The molecule has 39 heavy (non-hydrogen) atoms. The van der Waals surface area contributed by atoms with E-state index in [-0.39, 0.29) is 29.7 Å². The van der Waals surface area contributed by atoms with Crippen molar-refractivity contribution in [3.8, 4) is 17.2 Å². The number of rotatable bonds is 6. The normalized spacial score (nSPS) is 16.9. The molecule has 0 bridgehead atoms. The Morgan fingerprint density at radius 3 is 2.74 bits per heavy atom. The minimum absolute atomic E-state index is 0.0604. The molecule has 1 saturated heterocycles. The molecule has 11 nitrogen and oxygen atoms in total. The van der Waals surface area contributed by atoms with Gasteiger partial charge in [-0.1, -0.05) is 6.07 Å². The second kappa shape index (κ2) is 11.6. The number of pyridine rings is 1. The first-order chi connectivity index (χ1) is 18.6. The van der Waals surface area contributed by atoms with Crippen LogP contribution >= 0.6 is 11.6 Å². The van der Waals surface area contributed by atoms with Gasteiger partial charge in [-0.25, -0.2) is 14.8 Å². The fourth-order valence-electron chi connectivity index (χ4n) is 4.38. The number of carbonyl (C=O) groups is 2. The van der Waals surface area contributed by atoms with Crippen molar-refractivity contribution in [3.63, 3.8) is 0 Å². The number of aliphatic hydroxyl groups excluding tert-OH is 1. The van der Waals surface area contributed by atoms with Crippen molar-refractivity contribution in [2.24, 2.45) is 0 Å². The molecule has 0 saturated carbocycles. The monoisotopic (exact) mass is 549 g/mol. The highest BCUT2D eigenvalue weighted by Crippen LogP contribution is 2.37. The zero-order chi connectivity index (χ0) is 28.2. The summed E-state index contributed by atoms with van der Waals surface area (Å²) in [7, 11) is 0. The van der Waals surface area contributed by atoms with Crippen molar-refractivity contribution in [1.29, 1.82) is 5.26 Å². The Bertz CT molecular complexity index is 1420. The van der Waals surface area contributed by atoms with Crippen molar-refractivity contribution in [1.82, 2.24) is 20.3 Å². The van der Waals surface area contributed by atoms with Gasteiger partial charge < -0.3 is 25.4 Å². The lowest BCUT2D eigenvalue weighted by Gasteiger charge is -2.28. The fraction of sp³-hybridized carbons (Fsp3) is 0.333. The summed E-state index contributed by atoms with van der Waals surface area (Å²) in [6.45, 7) is 5.49. The van der Waals surface area contributed by atoms with Crippen LogP contribution in [0.2, 0.25) is 5.28 Å². The smallest absolute Gasteiger partial charge is 0.407 e. The van der Waals surface area contributed by atoms with E-state index < -0.39 is 17.6 Å². The molecule has 1 aliphatic rings. The van der Waals surface area contributed by atoms with Crippen LogP contribution < -0.4 is 15.5 Å². The predicted octanol–water partition coefficient (Wildman–Crippen LogP) is 3.78. The number of hydrogen-bond donors (Lipinski definition) is 3. The summed E-state index contributed by atoms with van der Waals surface area (Å²) in [5, 5.41) is 25.5. The fourth-order valence-corrected chi connectivity index (χ4v) is 4.52. The van der Waals surface area contributed by atoms with Gasteiger partial charge in [-0.05, 0) is 68.6 Å². The van der Waals surface area contributed by atoms with Gasteiger partial charge in [0.2, 0.25) is 5.28 Å². The average molecular weight is 550 g/mol. The van der Waals surface area contributed by atoms with Gasteiger partial charge in [0.15, 0.2) is 0 Å². The topological polar surface area (TPSA) is 153 Å². The molecule has 3 heterocycles. The largest absolute Gasteiger partial charge is 0.444 e. The van der Waals surface area contributed by atoms with E-state index in [1.807, 2.05) is 11.0 Å². The minimum atomic E-state index is -0.656. The summed E-state index contributed by atoms with van der Waals surface area (Å²) in [5.41, 5.74) is 2.19. The second-order valence-electron chi connectivity index (χ2n) is 10.00. The number of hydrogen-bond acceptors (Lipinski definition) is 9. The molecule has 0 spiro atoms. The minimum Gasteiger partial charge on any atom is -0.444 e. The molecule has 0 aliphatic carbocycles. The average Bonchev–Trinajstić information content (AvgIpc) is 3.30. The van der Waals surface area contributed by atoms with E-state index in [4.69, 9.17) is 16.3 Å². The molecule has 1 aromatic carbocycles. The zero-order valence-electron chi connectivity index (χ0n) is 21.7. The molecule has 3 N–H and O–H groups in total. The van der Waals surface area contributed by atoms with Crippen LogP contribution in [0.5, 0.6) is 0 Å². The molecule has 2 aromatic heterocycles. The number of aromatic nitrogens is 3. The highest BCUT2D eigenvalue weighted by Gasteiger charge is 2.35. The third-order valence-electron chi connectivity index (χ3n) is 6.01. The molecule has 2 atom stereocenters. The molecule has 12 heteroatoms. The summed E-state index contributed by atoms with van der Waals surface area (Å²) in [6.07, 6.45) is 4.42. The Hall–Kier alpha value is -4.27. The molecule has 0 radical (unpaired) electrons. The molecule has 2 unspecified atom stereocenters. The first-order valence-electron chi connectivity index (χ1n) is 12.2. The van der Waals surface area contributed by atoms with E-state index >= 15 is 0 Å². The van der Waals surface area contributed by atoms with E-state index in [1.54, 1.807) is 51.4 Å². The van der Waals surface area contributed by atoms with Crippen molar-refractivity contribution < 1.29 is 19.4 Å². The SMILES string of the molecule is CC(C)(C)OC(=O)NC1CC(CO)N(c2cc(-c3cnccc3C#N)ccc2NC(=O)c2ccnc(Cl)n2)C1. The van der Waals surface area contributed by atoms with Gasteiger partial charge in [0.05, 0.1) is 41.7 Å². The second-order valence-corrected chi connectivity index (χ2v) is 10.3. The lowest BCUT2D eigenvalue weighted by molar-refractivity contribution is 0.0507. The third-order valence-corrected chi connectivity index (χ3v) is 6.19. The summed E-state index contributed by atoms with van der Waals surface area (Å²) in [5.74, 6) is -0.504. The summed E-state index contributed by atoms with van der Waals surface area (Å²) >= 11 is 5.86. The molecule has 1 aliphatic heterocycles. The van der Waals surface area contributed by atoms with Gasteiger partial charge >= 0.3 is 6.09 Å². The molecule has 3 aromatic rings. The van der Waals surface area contributed by atoms with Crippen LogP contribution in [0.1, 0.15) is 43.2 Å². The van der Waals surface area contributed by atoms with Crippen LogP contribution in [0.15, 0.2) is 48.9 Å². The number of ether oxygens (including phenoxy) is 1. The van der Waals surface area contributed by atoms with Gasteiger partial charge in [0.1, 0.15) is 11.3 Å². The maximum atomic E-state index is 13.0. The van der Waals surface area contributed by atoms with E-state index in [2.05, 4.69) is 31.7 Å². The highest BCUT2D eigenvalue weighted by atomic mass is 35.5. The lowest BCUT2D eigenvalue weighted by Crippen LogP contribution is -2.40. The quantitative estimate of drug-likeness (QED) is 0.390. The van der Waals surface area contributed by atoms with Crippen LogP contribution in [0.4, 0.5) is 16.2 Å². The number of halogens is 1. The van der Waals surface area contributed by atoms with Crippen LogP contribution in [0.25, 0.3) is 11.1 Å². The summed E-state index contributed by atoms with van der Waals surface area (Å²) in [6, 6.07) is 9.85. The lowest BCUT2D eigenvalue weighted by atomic mass is 10.0. The van der Waals surface area contributed by atoms with Gasteiger partial charge in [-0.2, -0.15) is 5.26 Å². The number of aliphatic hydroxyl groups is 1. The Labute approximate surface area is 230 Å². The maximum absolute atomic E-state index is 13.0. The Morgan fingerprint density at radius 2 is 2.05 bits per heavy atom. The molecule has 1 fully saturated rings. The van der Waals surface area contributed by atoms with Gasteiger partial charge in [0.25, 0.3) is 5.91 Å². The number of benzene rings is 1. The summed E-state index contributed by atoms with van der Waals surface area (Å²) < 4.78 is 5.40. The predicted molar refractivity (Wildman–Crippen MR) is 145 cm³/mol. The van der Waals surface area contributed by atoms with Crippen molar-refractivity contribution >= 4 is 35.0 Å². The van der Waals surface area contributed by atoms with Crippen LogP contribution in [-0.4, -0.2) is 62.9 Å². The number of nitrogens with one attached hydrogen (secondary N) is 2. The van der Waals surface area contributed by atoms with Crippen LogP contribution in [0.3, 0.4) is 0 Å². The standard InChI is InChI=1S/C27H28ClN7O4/c1-27(2,3)39-26(38)32-18-11-19(15-36)35(14-18)23-10-16(20-13-30-8-6-17(20)12-29)4-5-21(23)33-24(37)22-7-9-31-25(28)34-22/h4-10,13,18-19,36H,11,14-15H2,1-3H3,(H,32,38)(H,33,37). The number of amides is 2. The first-order valence-corrected chi connectivity index (χ1v) is 12.6. The molecule has 2 amide bonds. The zero-order valence-corrected chi connectivity index (χ0v) is 22.4. The van der Waals surface area contributed by atoms with Crippen LogP contribution in [0, 0.1) is 11.3 Å². The van der Waals surface area contributed by atoms with E-state index in [0.717, 1.165) is 0 Å². The Balaban J connectivity index is 1.70. The Kier molecular flexibility index (Phi) is 8.28. The van der Waals surface area contributed by atoms with Crippen LogP contribution in [-0.2, 0) is 4.74 Å². The number of nitriles is 1. The van der Waals surface area contributed by atoms with Gasteiger partial charge in [-0.3, -0.25) is 9.78 Å². The number of anilines is 2. The summed E-state index contributed by atoms with van der Waals surface area (Å²) in [4.78, 5) is 39.3. The van der Waals surface area contributed by atoms with Crippen molar-refractivity contribution in [2.75, 3.05) is 23.4 Å². The van der Waals surface area contributed by atoms with Crippen molar-refractivity contribution in [3.05, 3.63) is 65.5 Å². The van der Waals surface area contributed by atoms with Crippen molar-refractivity contribution in [2.45, 2.75) is 44.9 Å². The molecule has 4 rings (SSSR count). The van der Waals surface area contributed by atoms with E-state index in [0.29, 0.717) is 41.0 Å².